The number of hydrogen-bond donors (Lipinski definition) is 1. The largest absolute Gasteiger partial charge is 1.00 e. The van der Waals surface area contributed by atoms with Crippen molar-refractivity contribution in [2.24, 2.45) is 0 Å². The van der Waals surface area contributed by atoms with Crippen molar-refractivity contribution in [3.8, 4) is 0 Å². The Morgan fingerprint density at radius 3 is 2.54 bits per heavy atom. The van der Waals surface area contributed by atoms with Crippen LogP contribution in [0.5, 0.6) is 0 Å². The topological polar surface area (TPSA) is 71.4 Å². The van der Waals surface area contributed by atoms with Gasteiger partial charge in [-0.3, -0.25) is 4.79 Å². The van der Waals surface area contributed by atoms with Crippen LogP contribution in [0.4, 0.5) is 0 Å². The van der Waals surface area contributed by atoms with Crippen molar-refractivity contribution in [2.45, 2.75) is 11.7 Å². The van der Waals surface area contributed by atoms with Crippen LogP contribution in [-0.2, 0) is 14.6 Å². The molecule has 0 bridgehead atoms. The second-order valence-electron chi connectivity index (χ2n) is 2.73. The number of carboxylic acids is 1. The standard InChI is InChI=1S/C6H10O4S2.Na/c7-6(8)3-11-5-1-2-12(9,10)4-5;/h5H,1-4H2,(H,7,8);/q;+1. The van der Waals surface area contributed by atoms with Gasteiger partial charge in [-0.2, -0.15) is 0 Å². The molecule has 0 aromatic heterocycles. The summed E-state index contributed by atoms with van der Waals surface area (Å²) < 4.78 is 21.8. The molecule has 0 aromatic carbocycles. The minimum absolute atomic E-state index is 0. The van der Waals surface area contributed by atoms with Crippen molar-refractivity contribution < 1.29 is 47.9 Å². The Morgan fingerprint density at radius 1 is 1.54 bits per heavy atom. The van der Waals surface area contributed by atoms with Crippen LogP contribution in [0, 0.1) is 0 Å². The van der Waals surface area contributed by atoms with Crippen LogP contribution in [0.2, 0.25) is 0 Å². The summed E-state index contributed by atoms with van der Waals surface area (Å²) in [5.41, 5.74) is 0. The van der Waals surface area contributed by atoms with Gasteiger partial charge in [-0.05, 0) is 6.42 Å². The van der Waals surface area contributed by atoms with Gasteiger partial charge >= 0.3 is 35.5 Å². The van der Waals surface area contributed by atoms with Gasteiger partial charge in [-0.1, -0.05) is 0 Å². The smallest absolute Gasteiger partial charge is 0.481 e. The molecule has 4 nitrogen and oxygen atoms in total. The molecule has 0 amide bonds. The first-order valence-corrected chi connectivity index (χ1v) is 6.40. The van der Waals surface area contributed by atoms with E-state index in [2.05, 4.69) is 0 Å². The van der Waals surface area contributed by atoms with Crippen LogP contribution in [0.25, 0.3) is 0 Å². The van der Waals surface area contributed by atoms with Crippen molar-refractivity contribution in [3.05, 3.63) is 0 Å². The van der Waals surface area contributed by atoms with Crippen molar-refractivity contribution >= 4 is 27.6 Å². The summed E-state index contributed by atoms with van der Waals surface area (Å²) in [4.78, 5) is 10.1. The predicted molar refractivity (Wildman–Crippen MR) is 47.2 cm³/mol. The third-order valence-electron chi connectivity index (χ3n) is 1.63. The van der Waals surface area contributed by atoms with E-state index in [0.29, 0.717) is 6.42 Å². The monoisotopic (exact) mass is 233 g/mol. The molecule has 1 heterocycles. The van der Waals surface area contributed by atoms with E-state index < -0.39 is 15.8 Å². The molecule has 7 heteroatoms. The molecule has 0 aliphatic carbocycles. The summed E-state index contributed by atoms with van der Waals surface area (Å²) in [7, 11) is -2.86. The first-order chi connectivity index (χ1) is 5.49. The van der Waals surface area contributed by atoms with Crippen LogP contribution < -0.4 is 29.6 Å². The number of rotatable bonds is 3. The summed E-state index contributed by atoms with van der Waals surface area (Å²) in [6.07, 6.45) is 0.597. The Kier molecular flexibility index (Phi) is 5.93. The maximum Gasteiger partial charge on any atom is 1.00 e. The summed E-state index contributed by atoms with van der Waals surface area (Å²) in [6.45, 7) is 0. The average Bonchev–Trinajstić information content (AvgIpc) is 2.26. The van der Waals surface area contributed by atoms with Gasteiger partial charge < -0.3 is 5.11 Å². The fraction of sp³-hybridized carbons (Fsp3) is 0.833. The molecule has 1 fully saturated rings. The fourth-order valence-electron chi connectivity index (χ4n) is 1.08. The molecule has 70 valence electrons. The third-order valence-corrected chi connectivity index (χ3v) is 4.90. The molecule has 1 unspecified atom stereocenters. The molecule has 0 saturated carbocycles. The van der Waals surface area contributed by atoms with E-state index in [-0.39, 0.29) is 52.1 Å². The first-order valence-electron chi connectivity index (χ1n) is 3.53. The van der Waals surface area contributed by atoms with Gasteiger partial charge in [-0.25, -0.2) is 8.42 Å². The Bertz CT molecular complexity index is 274. The molecule has 1 N–H and O–H groups in total. The molecule has 0 spiro atoms. The zero-order valence-electron chi connectivity index (χ0n) is 7.39. The van der Waals surface area contributed by atoms with E-state index in [4.69, 9.17) is 5.11 Å². The van der Waals surface area contributed by atoms with Crippen LogP contribution in [0.3, 0.4) is 0 Å². The third kappa shape index (κ3) is 5.27. The summed E-state index contributed by atoms with van der Waals surface area (Å²) in [6, 6.07) is 0. The van der Waals surface area contributed by atoms with Crippen LogP contribution in [0.15, 0.2) is 0 Å². The molecule has 0 radical (unpaired) electrons. The molecule has 1 rings (SSSR count). The first kappa shape index (κ1) is 13.8. The number of hydrogen-bond acceptors (Lipinski definition) is 4. The number of thioether (sulfide) groups is 1. The molecule has 1 saturated heterocycles. The van der Waals surface area contributed by atoms with Gasteiger partial charge in [0.2, 0.25) is 0 Å². The van der Waals surface area contributed by atoms with Gasteiger partial charge in [0.05, 0.1) is 17.3 Å². The second kappa shape index (κ2) is 5.60. The Morgan fingerprint density at radius 2 is 2.15 bits per heavy atom. The van der Waals surface area contributed by atoms with Crippen molar-refractivity contribution in [1.82, 2.24) is 0 Å². The van der Waals surface area contributed by atoms with Crippen LogP contribution >= 0.6 is 11.8 Å². The summed E-state index contributed by atoms with van der Waals surface area (Å²) in [5, 5.41) is 8.33. The minimum atomic E-state index is -2.86. The van der Waals surface area contributed by atoms with Crippen LogP contribution in [0.1, 0.15) is 6.42 Å². The minimum Gasteiger partial charge on any atom is -0.481 e. The summed E-state index contributed by atoms with van der Waals surface area (Å²) in [5.74, 6) is -0.528. The van der Waals surface area contributed by atoms with E-state index in [0.717, 1.165) is 0 Å². The Hall–Kier alpha value is 0.770. The Balaban J connectivity index is 0.00000144. The Labute approximate surface area is 104 Å². The zero-order chi connectivity index (χ0) is 9.19. The van der Waals surface area contributed by atoms with Gasteiger partial charge in [0.15, 0.2) is 9.84 Å². The molecular weight excluding hydrogens is 223 g/mol. The van der Waals surface area contributed by atoms with Gasteiger partial charge in [0.25, 0.3) is 0 Å². The van der Waals surface area contributed by atoms with Crippen molar-refractivity contribution in [1.29, 1.82) is 0 Å². The van der Waals surface area contributed by atoms with Crippen molar-refractivity contribution in [3.63, 3.8) is 0 Å². The normalized spacial score (nSPS) is 25.1. The quantitative estimate of drug-likeness (QED) is 0.526. The summed E-state index contributed by atoms with van der Waals surface area (Å²) >= 11 is 1.22. The molecule has 0 aromatic rings. The number of carbonyl (C=O) groups is 1. The van der Waals surface area contributed by atoms with Gasteiger partial charge in [0.1, 0.15) is 0 Å². The average molecular weight is 233 g/mol. The van der Waals surface area contributed by atoms with E-state index in [1.165, 1.54) is 11.8 Å². The van der Waals surface area contributed by atoms with Gasteiger partial charge in [0, 0.05) is 5.25 Å². The molecule has 1 aliphatic rings. The van der Waals surface area contributed by atoms with Gasteiger partial charge in [-0.15, -0.1) is 11.8 Å². The zero-order valence-corrected chi connectivity index (χ0v) is 11.0. The fourth-order valence-corrected chi connectivity index (χ4v) is 4.44. The van der Waals surface area contributed by atoms with Crippen LogP contribution in [-0.4, -0.2) is 42.0 Å². The molecule has 1 atom stereocenters. The van der Waals surface area contributed by atoms with E-state index in [1.807, 2.05) is 0 Å². The maximum absolute atomic E-state index is 10.9. The number of sulfone groups is 1. The SMILES string of the molecule is O=C(O)CSC1CCS(=O)(=O)C1.[Na+]. The number of carboxylic acid groups (broad SMARTS) is 1. The maximum atomic E-state index is 10.9. The second-order valence-corrected chi connectivity index (χ2v) is 6.25. The predicted octanol–water partition coefficient (Wildman–Crippen LogP) is -3.00. The molecular formula is C6H10NaO4S2+. The molecule has 1 aliphatic heterocycles. The van der Waals surface area contributed by atoms with E-state index in [9.17, 15) is 13.2 Å². The van der Waals surface area contributed by atoms with E-state index >= 15 is 0 Å². The number of aliphatic carboxylic acids is 1. The molecule has 13 heavy (non-hydrogen) atoms. The van der Waals surface area contributed by atoms with E-state index in [1.54, 1.807) is 0 Å². The van der Waals surface area contributed by atoms with Crippen molar-refractivity contribution in [2.75, 3.05) is 17.3 Å².